The van der Waals surface area contributed by atoms with Crippen LogP contribution in [0, 0.1) is 0 Å². The van der Waals surface area contributed by atoms with Crippen molar-refractivity contribution in [3.8, 4) is 0 Å². The number of hydrogen-bond acceptors (Lipinski definition) is 1. The molecule has 0 aliphatic carbocycles. The molecule has 1 aromatic rings. The second-order valence-electron chi connectivity index (χ2n) is 3.66. The van der Waals surface area contributed by atoms with Crippen molar-refractivity contribution < 1.29 is 4.79 Å². The molecule has 0 saturated carbocycles. The minimum atomic E-state index is 0.199. The fourth-order valence-corrected chi connectivity index (χ4v) is 1.91. The molecule has 1 amide bonds. The molecule has 0 radical (unpaired) electrons. The minimum absolute atomic E-state index is 0.199. The van der Waals surface area contributed by atoms with Gasteiger partial charge in [-0.3, -0.25) is 4.79 Å². The van der Waals surface area contributed by atoms with E-state index in [4.69, 9.17) is 11.6 Å². The molecular weight excluding hydrogens is 222 g/mol. The van der Waals surface area contributed by atoms with Crippen LogP contribution in [0.25, 0.3) is 0 Å². The van der Waals surface area contributed by atoms with E-state index in [0.29, 0.717) is 6.42 Å². The maximum absolute atomic E-state index is 11.8. The first kappa shape index (κ1) is 13.0. The van der Waals surface area contributed by atoms with Crippen LogP contribution >= 0.6 is 11.6 Å². The van der Waals surface area contributed by atoms with Crippen molar-refractivity contribution in [2.24, 2.45) is 0 Å². The van der Waals surface area contributed by atoms with Crippen molar-refractivity contribution in [3.63, 3.8) is 0 Å². The summed E-state index contributed by atoms with van der Waals surface area (Å²) < 4.78 is 0. The molecule has 0 aliphatic heterocycles. The fourth-order valence-electron chi connectivity index (χ4n) is 1.68. The second-order valence-corrected chi connectivity index (χ2v) is 4.06. The zero-order valence-corrected chi connectivity index (χ0v) is 10.6. The zero-order chi connectivity index (χ0) is 12.0. The van der Waals surface area contributed by atoms with Gasteiger partial charge in [0.05, 0.1) is 0 Å². The molecule has 88 valence electrons. The van der Waals surface area contributed by atoms with Crippen molar-refractivity contribution in [2.75, 3.05) is 13.1 Å². The number of rotatable bonds is 5. The summed E-state index contributed by atoms with van der Waals surface area (Å²) in [5.41, 5.74) is 1.05. The van der Waals surface area contributed by atoms with Gasteiger partial charge in [0, 0.05) is 24.5 Å². The quantitative estimate of drug-likeness (QED) is 0.773. The lowest BCUT2D eigenvalue weighted by Gasteiger charge is -2.18. The topological polar surface area (TPSA) is 20.3 Å². The third-order valence-electron chi connectivity index (χ3n) is 2.68. The maximum Gasteiger partial charge on any atom is 0.222 e. The Kier molecular flexibility index (Phi) is 5.33. The minimum Gasteiger partial charge on any atom is -0.343 e. The van der Waals surface area contributed by atoms with Crippen LogP contribution < -0.4 is 0 Å². The number of benzene rings is 1. The summed E-state index contributed by atoms with van der Waals surface area (Å²) >= 11 is 6.03. The second kappa shape index (κ2) is 6.54. The van der Waals surface area contributed by atoms with E-state index in [1.807, 2.05) is 43.0 Å². The number of aryl methyl sites for hydroxylation is 1. The van der Waals surface area contributed by atoms with Gasteiger partial charge in [-0.15, -0.1) is 0 Å². The molecule has 0 aliphatic rings. The van der Waals surface area contributed by atoms with Gasteiger partial charge < -0.3 is 4.90 Å². The molecule has 0 atom stereocenters. The summed E-state index contributed by atoms with van der Waals surface area (Å²) in [7, 11) is 0. The Morgan fingerprint density at radius 1 is 1.25 bits per heavy atom. The summed E-state index contributed by atoms with van der Waals surface area (Å²) in [4.78, 5) is 13.6. The fraction of sp³-hybridized carbons (Fsp3) is 0.462. The van der Waals surface area contributed by atoms with E-state index in [2.05, 4.69) is 0 Å². The summed E-state index contributed by atoms with van der Waals surface area (Å²) in [5.74, 6) is 0.199. The number of carbonyl (C=O) groups is 1. The number of amides is 1. The van der Waals surface area contributed by atoms with Crippen molar-refractivity contribution in [1.29, 1.82) is 0 Å². The largest absolute Gasteiger partial charge is 0.343 e. The molecule has 0 unspecified atom stereocenters. The predicted octanol–water partition coefficient (Wildman–Crippen LogP) is 3.14. The molecule has 0 N–H and O–H groups in total. The average Bonchev–Trinajstić information content (AvgIpc) is 2.29. The monoisotopic (exact) mass is 239 g/mol. The summed E-state index contributed by atoms with van der Waals surface area (Å²) in [6, 6.07) is 7.68. The number of hydrogen-bond donors (Lipinski definition) is 0. The van der Waals surface area contributed by atoms with Gasteiger partial charge in [0.1, 0.15) is 0 Å². The predicted molar refractivity (Wildman–Crippen MR) is 67.7 cm³/mol. The van der Waals surface area contributed by atoms with Gasteiger partial charge >= 0.3 is 0 Å². The molecule has 0 saturated heterocycles. The van der Waals surface area contributed by atoms with Crippen LogP contribution in [-0.4, -0.2) is 23.9 Å². The average molecular weight is 240 g/mol. The Labute approximate surface area is 102 Å². The Morgan fingerprint density at radius 3 is 2.44 bits per heavy atom. The molecule has 1 aromatic carbocycles. The first-order chi connectivity index (χ1) is 7.69. The smallest absolute Gasteiger partial charge is 0.222 e. The number of nitrogens with zero attached hydrogens (tertiary/aromatic N) is 1. The standard InChI is InChI=1S/C13H18ClNO/c1-3-15(4-2)13(16)10-9-11-7-5-6-8-12(11)14/h5-8H,3-4,9-10H2,1-2H3. The molecule has 2 nitrogen and oxygen atoms in total. The third kappa shape index (κ3) is 3.53. The molecule has 16 heavy (non-hydrogen) atoms. The third-order valence-corrected chi connectivity index (χ3v) is 3.05. The number of carbonyl (C=O) groups excluding carboxylic acids is 1. The van der Waals surface area contributed by atoms with Gasteiger partial charge in [0.15, 0.2) is 0 Å². The van der Waals surface area contributed by atoms with Crippen LogP contribution in [0.2, 0.25) is 5.02 Å². The Balaban J connectivity index is 2.52. The highest BCUT2D eigenvalue weighted by Gasteiger charge is 2.10. The molecular formula is C13H18ClNO. The molecule has 1 rings (SSSR count). The van der Waals surface area contributed by atoms with Crippen molar-refractivity contribution in [1.82, 2.24) is 4.90 Å². The molecule has 0 spiro atoms. The van der Waals surface area contributed by atoms with E-state index >= 15 is 0 Å². The first-order valence-corrected chi connectivity index (χ1v) is 6.08. The van der Waals surface area contributed by atoms with Gasteiger partial charge in [-0.2, -0.15) is 0 Å². The lowest BCUT2D eigenvalue weighted by molar-refractivity contribution is -0.130. The SMILES string of the molecule is CCN(CC)C(=O)CCc1ccccc1Cl. The van der Waals surface area contributed by atoms with Gasteiger partial charge in [0.25, 0.3) is 0 Å². The van der Waals surface area contributed by atoms with Gasteiger partial charge in [0.2, 0.25) is 5.91 Å². The zero-order valence-electron chi connectivity index (χ0n) is 9.87. The van der Waals surface area contributed by atoms with E-state index in [9.17, 15) is 4.79 Å². The lowest BCUT2D eigenvalue weighted by atomic mass is 10.1. The summed E-state index contributed by atoms with van der Waals surface area (Å²) in [6.45, 7) is 5.55. The van der Waals surface area contributed by atoms with Gasteiger partial charge in [-0.1, -0.05) is 29.8 Å². The number of halogens is 1. The molecule has 0 heterocycles. The van der Waals surface area contributed by atoms with Crippen LogP contribution in [-0.2, 0) is 11.2 Å². The van der Waals surface area contributed by atoms with E-state index in [1.165, 1.54) is 0 Å². The first-order valence-electron chi connectivity index (χ1n) is 5.70. The van der Waals surface area contributed by atoms with Crippen LogP contribution in [0.1, 0.15) is 25.8 Å². The van der Waals surface area contributed by atoms with Crippen LogP contribution in [0.3, 0.4) is 0 Å². The Morgan fingerprint density at radius 2 is 1.88 bits per heavy atom. The normalized spacial score (nSPS) is 10.2. The summed E-state index contributed by atoms with van der Waals surface area (Å²) in [6.07, 6.45) is 1.25. The van der Waals surface area contributed by atoms with E-state index in [1.54, 1.807) is 0 Å². The van der Waals surface area contributed by atoms with Crippen molar-refractivity contribution in [3.05, 3.63) is 34.9 Å². The highest BCUT2D eigenvalue weighted by atomic mass is 35.5. The molecule has 0 bridgehead atoms. The maximum atomic E-state index is 11.8. The van der Waals surface area contributed by atoms with Crippen molar-refractivity contribution >= 4 is 17.5 Å². The Bertz CT molecular complexity index is 348. The summed E-state index contributed by atoms with van der Waals surface area (Å²) in [5, 5.41) is 0.745. The highest BCUT2D eigenvalue weighted by Crippen LogP contribution is 2.16. The molecule has 0 fully saturated rings. The molecule has 0 aromatic heterocycles. The van der Waals surface area contributed by atoms with Crippen LogP contribution in [0.4, 0.5) is 0 Å². The van der Waals surface area contributed by atoms with Crippen LogP contribution in [0.5, 0.6) is 0 Å². The van der Waals surface area contributed by atoms with Gasteiger partial charge in [-0.25, -0.2) is 0 Å². The van der Waals surface area contributed by atoms with E-state index < -0.39 is 0 Å². The van der Waals surface area contributed by atoms with Crippen LogP contribution in [0.15, 0.2) is 24.3 Å². The highest BCUT2D eigenvalue weighted by molar-refractivity contribution is 6.31. The van der Waals surface area contributed by atoms with E-state index in [-0.39, 0.29) is 5.91 Å². The Hall–Kier alpha value is -1.02. The van der Waals surface area contributed by atoms with E-state index in [0.717, 1.165) is 30.1 Å². The lowest BCUT2D eigenvalue weighted by Crippen LogP contribution is -2.30. The molecule has 3 heteroatoms. The van der Waals surface area contributed by atoms with Crippen molar-refractivity contribution in [2.45, 2.75) is 26.7 Å². The van der Waals surface area contributed by atoms with Gasteiger partial charge in [-0.05, 0) is 31.9 Å².